The number of hydrogen-bond donors (Lipinski definition) is 0. The van der Waals surface area contributed by atoms with Crippen molar-refractivity contribution in [1.82, 2.24) is 0 Å². The average Bonchev–Trinajstić information content (AvgIpc) is 2.99. The molecule has 10 nitrogen and oxygen atoms in total. The van der Waals surface area contributed by atoms with Gasteiger partial charge in [-0.05, 0) is 42.8 Å². The van der Waals surface area contributed by atoms with Gasteiger partial charge in [0.2, 0.25) is 5.78 Å². The average molecular weight is 555 g/mol. The number of carbonyl (C=O) groups is 2. The van der Waals surface area contributed by atoms with E-state index in [0.29, 0.717) is 23.7 Å². The molecule has 0 fully saturated rings. The maximum Gasteiger partial charge on any atom is 0.355 e. The second-order valence-electron chi connectivity index (χ2n) is 8.31. The highest BCUT2D eigenvalue weighted by molar-refractivity contribution is 6.11. The lowest BCUT2D eigenvalue weighted by molar-refractivity contribution is -0.149. The molecule has 0 radical (unpaired) electrons. The Hall–Kier alpha value is -4.12. The van der Waals surface area contributed by atoms with Crippen LogP contribution in [0.5, 0.6) is 23.0 Å². The van der Waals surface area contributed by atoms with Crippen LogP contribution in [0.15, 0.2) is 66.7 Å². The second-order valence-corrected chi connectivity index (χ2v) is 8.31. The van der Waals surface area contributed by atoms with Crippen LogP contribution in [0.3, 0.4) is 0 Å². The molecule has 40 heavy (non-hydrogen) atoms. The van der Waals surface area contributed by atoms with Crippen molar-refractivity contribution < 1.29 is 47.5 Å². The minimum atomic E-state index is -1.63. The van der Waals surface area contributed by atoms with Gasteiger partial charge in [-0.1, -0.05) is 36.4 Å². The van der Waals surface area contributed by atoms with Crippen molar-refractivity contribution in [2.75, 3.05) is 41.8 Å². The first-order chi connectivity index (χ1) is 19.4. The van der Waals surface area contributed by atoms with E-state index >= 15 is 0 Å². The van der Waals surface area contributed by atoms with Crippen LogP contribution in [0.4, 0.5) is 0 Å². The van der Waals surface area contributed by atoms with Crippen LogP contribution < -0.4 is 18.9 Å². The van der Waals surface area contributed by atoms with Gasteiger partial charge in [0.25, 0.3) is 6.10 Å². The molecule has 0 aliphatic rings. The Labute approximate surface area is 233 Å². The van der Waals surface area contributed by atoms with Crippen LogP contribution in [0.25, 0.3) is 0 Å². The number of rotatable bonds is 16. The van der Waals surface area contributed by atoms with Crippen LogP contribution in [0.1, 0.15) is 34.7 Å². The number of esters is 1. The van der Waals surface area contributed by atoms with Crippen molar-refractivity contribution >= 4 is 11.8 Å². The van der Waals surface area contributed by atoms with Crippen molar-refractivity contribution in [2.45, 2.75) is 25.9 Å². The van der Waals surface area contributed by atoms with Crippen molar-refractivity contribution in [3.8, 4) is 23.0 Å². The number of ketones is 1. The lowest BCUT2D eigenvalue weighted by Crippen LogP contribution is -2.37. The molecule has 0 saturated heterocycles. The molecule has 3 rings (SSSR count). The Bertz CT molecular complexity index is 1240. The fourth-order valence-electron chi connectivity index (χ4n) is 3.75. The third-order valence-corrected chi connectivity index (χ3v) is 5.67. The van der Waals surface area contributed by atoms with E-state index < -0.39 is 24.1 Å². The molecular weight excluding hydrogens is 520 g/mol. The highest BCUT2D eigenvalue weighted by atomic mass is 16.7. The molecule has 0 aliphatic heterocycles. The Kier molecular flexibility index (Phi) is 11.8. The third-order valence-electron chi connectivity index (χ3n) is 5.67. The standard InChI is InChI=1S/C30H34O10/c1-6-37-29(32)28(40-24-15-13-22(30(35-4)36-5)17-26(24)39-19-33-2)27(31)21-12-14-23(25(16-21)34-3)38-18-20-10-8-7-9-11-20/h7-17,28,30H,6,18-19H2,1-5H3. The molecule has 0 aromatic heterocycles. The zero-order valence-corrected chi connectivity index (χ0v) is 23.2. The van der Waals surface area contributed by atoms with E-state index in [0.717, 1.165) is 5.56 Å². The smallest absolute Gasteiger partial charge is 0.355 e. The molecule has 0 bridgehead atoms. The number of benzene rings is 3. The highest BCUT2D eigenvalue weighted by Crippen LogP contribution is 2.34. The first kappa shape index (κ1) is 30.4. The van der Waals surface area contributed by atoms with E-state index in [9.17, 15) is 9.59 Å². The van der Waals surface area contributed by atoms with Gasteiger partial charge < -0.3 is 37.9 Å². The van der Waals surface area contributed by atoms with Gasteiger partial charge in [0, 0.05) is 32.5 Å². The summed E-state index contributed by atoms with van der Waals surface area (Å²) >= 11 is 0. The number of hydrogen-bond acceptors (Lipinski definition) is 10. The molecule has 214 valence electrons. The molecule has 0 N–H and O–H groups in total. The van der Waals surface area contributed by atoms with Crippen LogP contribution in [0.2, 0.25) is 0 Å². The van der Waals surface area contributed by atoms with Gasteiger partial charge in [-0.25, -0.2) is 4.79 Å². The van der Waals surface area contributed by atoms with E-state index in [-0.39, 0.29) is 30.5 Å². The molecule has 1 unspecified atom stereocenters. The SMILES string of the molecule is CCOC(=O)C(Oc1ccc(C(OC)OC)cc1OCOC)C(=O)c1ccc(OCc2ccccc2)c(OC)c1. The molecule has 0 aliphatic carbocycles. The van der Waals surface area contributed by atoms with Crippen LogP contribution in [-0.4, -0.2) is 59.7 Å². The minimum absolute atomic E-state index is 0.0525. The first-order valence-corrected chi connectivity index (χ1v) is 12.5. The summed E-state index contributed by atoms with van der Waals surface area (Å²) in [5.74, 6) is -0.406. The van der Waals surface area contributed by atoms with Crippen LogP contribution >= 0.6 is 0 Å². The van der Waals surface area contributed by atoms with Crippen LogP contribution in [-0.2, 0) is 30.3 Å². The van der Waals surface area contributed by atoms with E-state index in [1.54, 1.807) is 31.2 Å². The van der Waals surface area contributed by atoms with Crippen molar-refractivity contribution in [2.24, 2.45) is 0 Å². The molecule has 1 atom stereocenters. The number of Topliss-reactive ketones (excluding diaryl/α,β-unsaturated/α-hetero) is 1. The van der Waals surface area contributed by atoms with Gasteiger partial charge >= 0.3 is 5.97 Å². The summed E-state index contributed by atoms with van der Waals surface area (Å²) in [5.41, 5.74) is 1.76. The van der Waals surface area contributed by atoms with E-state index in [2.05, 4.69) is 0 Å². The fourth-order valence-corrected chi connectivity index (χ4v) is 3.75. The largest absolute Gasteiger partial charge is 0.493 e. The fraction of sp³-hybridized carbons (Fsp3) is 0.333. The summed E-state index contributed by atoms with van der Waals surface area (Å²) in [6.45, 7) is 1.90. The van der Waals surface area contributed by atoms with Gasteiger partial charge in [0.15, 0.2) is 36.1 Å². The quantitative estimate of drug-likeness (QED) is 0.107. The minimum Gasteiger partial charge on any atom is -0.493 e. The molecule has 10 heteroatoms. The predicted octanol–water partition coefficient (Wildman–Crippen LogP) is 4.74. The van der Waals surface area contributed by atoms with Gasteiger partial charge in [-0.2, -0.15) is 0 Å². The Morgan fingerprint density at radius 2 is 1.50 bits per heavy atom. The normalized spacial score (nSPS) is 11.6. The molecular formula is C30H34O10. The summed E-state index contributed by atoms with van der Waals surface area (Å²) < 4.78 is 43.7. The summed E-state index contributed by atoms with van der Waals surface area (Å²) in [6.07, 6.45) is -2.30. The molecule has 3 aromatic rings. The third kappa shape index (κ3) is 7.95. The Morgan fingerprint density at radius 3 is 2.15 bits per heavy atom. The lowest BCUT2D eigenvalue weighted by Gasteiger charge is -2.21. The molecule has 0 saturated carbocycles. The first-order valence-electron chi connectivity index (χ1n) is 12.5. The predicted molar refractivity (Wildman–Crippen MR) is 145 cm³/mol. The summed E-state index contributed by atoms with van der Waals surface area (Å²) in [7, 11) is 5.92. The molecule has 0 amide bonds. The van der Waals surface area contributed by atoms with E-state index in [1.165, 1.54) is 40.6 Å². The van der Waals surface area contributed by atoms with Gasteiger partial charge in [0.1, 0.15) is 6.61 Å². The Balaban J connectivity index is 1.90. The van der Waals surface area contributed by atoms with Gasteiger partial charge in [-0.3, -0.25) is 4.79 Å². The summed E-state index contributed by atoms with van der Waals surface area (Å²) in [6, 6.07) is 19.1. The highest BCUT2D eigenvalue weighted by Gasteiger charge is 2.33. The maximum atomic E-state index is 13.6. The monoisotopic (exact) mass is 554 g/mol. The molecule has 3 aromatic carbocycles. The summed E-state index contributed by atoms with van der Waals surface area (Å²) in [5, 5.41) is 0. The number of methoxy groups -OCH3 is 4. The Morgan fingerprint density at radius 1 is 0.775 bits per heavy atom. The van der Waals surface area contributed by atoms with Gasteiger partial charge in [-0.15, -0.1) is 0 Å². The second kappa shape index (κ2) is 15.5. The van der Waals surface area contributed by atoms with Crippen molar-refractivity contribution in [3.63, 3.8) is 0 Å². The number of ether oxygens (including phenoxy) is 8. The maximum absolute atomic E-state index is 13.6. The van der Waals surface area contributed by atoms with E-state index in [4.69, 9.17) is 37.9 Å². The summed E-state index contributed by atoms with van der Waals surface area (Å²) in [4.78, 5) is 26.5. The van der Waals surface area contributed by atoms with Crippen molar-refractivity contribution in [1.29, 1.82) is 0 Å². The topological polar surface area (TPSA) is 108 Å². The van der Waals surface area contributed by atoms with Crippen molar-refractivity contribution in [3.05, 3.63) is 83.4 Å². The molecule has 0 heterocycles. The van der Waals surface area contributed by atoms with Crippen LogP contribution in [0, 0.1) is 0 Å². The zero-order valence-electron chi connectivity index (χ0n) is 23.2. The molecule has 0 spiro atoms. The van der Waals surface area contributed by atoms with Gasteiger partial charge in [0.05, 0.1) is 13.7 Å². The lowest BCUT2D eigenvalue weighted by atomic mass is 10.0. The zero-order chi connectivity index (χ0) is 28.9. The number of carbonyl (C=O) groups excluding carboxylic acids is 2. The van der Waals surface area contributed by atoms with E-state index in [1.807, 2.05) is 30.3 Å².